The number of hydrogen-bond donors (Lipinski definition) is 2. The zero-order valence-corrected chi connectivity index (χ0v) is 12.6. The van der Waals surface area contributed by atoms with Crippen molar-refractivity contribution in [2.75, 3.05) is 12.4 Å². The molecule has 1 unspecified atom stereocenters. The first-order valence-corrected chi connectivity index (χ1v) is 6.62. The molecule has 0 aliphatic carbocycles. The van der Waals surface area contributed by atoms with Crippen molar-refractivity contribution in [1.82, 2.24) is 0 Å². The van der Waals surface area contributed by atoms with E-state index < -0.39 is 5.92 Å². The molecule has 4 nitrogen and oxygen atoms in total. The lowest BCUT2D eigenvalue weighted by atomic mass is 10.1. The van der Waals surface area contributed by atoms with Crippen LogP contribution in [-0.2, 0) is 4.79 Å². The van der Waals surface area contributed by atoms with Crippen LogP contribution in [0.3, 0.4) is 0 Å². The Morgan fingerprint density at radius 2 is 2.22 bits per heavy atom. The van der Waals surface area contributed by atoms with E-state index in [1.165, 1.54) is 0 Å². The third kappa shape index (κ3) is 3.96. The molecule has 1 aromatic rings. The molecule has 1 atom stereocenters. The number of hydrogen-bond acceptors (Lipinski definition) is 3. The Morgan fingerprint density at radius 3 is 2.72 bits per heavy atom. The molecule has 0 spiro atoms. The monoisotopic (exact) mass is 330 g/mol. The number of carbonyl (C=O) groups is 1. The van der Waals surface area contributed by atoms with Gasteiger partial charge in [-0.1, -0.05) is 35.1 Å². The molecule has 0 heterocycles. The van der Waals surface area contributed by atoms with Crippen molar-refractivity contribution >= 4 is 44.7 Å². The molecule has 3 N–H and O–H groups in total. The van der Waals surface area contributed by atoms with E-state index in [-0.39, 0.29) is 10.9 Å². The summed E-state index contributed by atoms with van der Waals surface area (Å²) in [6.07, 6.45) is 0.576. The first-order valence-electron chi connectivity index (χ1n) is 5.42. The predicted octanol–water partition coefficient (Wildman–Crippen LogP) is 2.71. The number of anilines is 1. The highest BCUT2D eigenvalue weighted by molar-refractivity contribution is 9.10. The summed E-state index contributed by atoms with van der Waals surface area (Å²) < 4.78 is 5.94. The van der Waals surface area contributed by atoms with E-state index in [1.807, 2.05) is 6.92 Å². The molecule has 18 heavy (non-hydrogen) atoms. The fourth-order valence-electron chi connectivity index (χ4n) is 1.50. The minimum atomic E-state index is -0.454. The predicted molar refractivity (Wildman–Crippen MR) is 79.9 cm³/mol. The van der Waals surface area contributed by atoms with Crippen LogP contribution < -0.4 is 15.8 Å². The maximum atomic E-state index is 12.0. The van der Waals surface area contributed by atoms with Crippen LogP contribution in [-0.4, -0.2) is 18.0 Å². The number of nitrogens with one attached hydrogen (secondary N) is 1. The van der Waals surface area contributed by atoms with Gasteiger partial charge in [-0.2, -0.15) is 0 Å². The van der Waals surface area contributed by atoms with Crippen molar-refractivity contribution in [2.24, 2.45) is 11.7 Å². The van der Waals surface area contributed by atoms with Gasteiger partial charge in [-0.15, -0.1) is 0 Å². The molecule has 0 saturated carbocycles. The van der Waals surface area contributed by atoms with Crippen LogP contribution in [0.5, 0.6) is 5.75 Å². The average molecular weight is 331 g/mol. The summed E-state index contributed by atoms with van der Waals surface area (Å²) in [7, 11) is 1.57. The lowest BCUT2D eigenvalue weighted by Gasteiger charge is -2.14. The van der Waals surface area contributed by atoms with Crippen LogP contribution in [0.4, 0.5) is 5.69 Å². The van der Waals surface area contributed by atoms with Crippen molar-refractivity contribution in [3.05, 3.63) is 22.7 Å². The van der Waals surface area contributed by atoms with Gasteiger partial charge < -0.3 is 15.8 Å². The lowest BCUT2D eigenvalue weighted by molar-refractivity contribution is -0.118. The van der Waals surface area contributed by atoms with Gasteiger partial charge in [0.05, 0.1) is 18.0 Å². The van der Waals surface area contributed by atoms with Gasteiger partial charge in [0.15, 0.2) is 0 Å². The molecule has 0 fully saturated rings. The van der Waals surface area contributed by atoms with E-state index in [9.17, 15) is 4.79 Å². The number of ether oxygens (including phenoxy) is 1. The summed E-state index contributed by atoms with van der Waals surface area (Å²) >= 11 is 8.21. The van der Waals surface area contributed by atoms with Crippen LogP contribution in [0.25, 0.3) is 0 Å². The first kappa shape index (κ1) is 14.9. The standard InChI is InChI=1S/C12H15BrN2O2S/c1-3-10(11(14)18)12(16)15-8-4-7(13)5-9(6-8)17-2/h4-6,10H,3H2,1-2H3,(H2,14,18)(H,15,16). The van der Waals surface area contributed by atoms with Crippen LogP contribution in [0.1, 0.15) is 13.3 Å². The van der Waals surface area contributed by atoms with E-state index in [0.717, 1.165) is 4.47 Å². The third-order valence-electron chi connectivity index (χ3n) is 2.44. The van der Waals surface area contributed by atoms with E-state index >= 15 is 0 Å². The van der Waals surface area contributed by atoms with Crippen LogP contribution in [0.15, 0.2) is 22.7 Å². The molecule has 0 radical (unpaired) electrons. The summed E-state index contributed by atoms with van der Waals surface area (Å²) in [6, 6.07) is 5.32. The summed E-state index contributed by atoms with van der Waals surface area (Å²) in [5.74, 6) is -0.00169. The molecule has 0 aromatic heterocycles. The number of halogens is 1. The number of rotatable bonds is 5. The fourth-order valence-corrected chi connectivity index (χ4v) is 2.24. The van der Waals surface area contributed by atoms with Gasteiger partial charge in [-0.25, -0.2) is 0 Å². The normalized spacial score (nSPS) is 11.7. The van der Waals surface area contributed by atoms with Gasteiger partial charge in [0, 0.05) is 16.2 Å². The first-order chi connectivity index (χ1) is 8.47. The van der Waals surface area contributed by atoms with Crippen molar-refractivity contribution in [1.29, 1.82) is 0 Å². The topological polar surface area (TPSA) is 64.3 Å². The lowest BCUT2D eigenvalue weighted by Crippen LogP contribution is -2.32. The second kappa shape index (κ2) is 6.70. The van der Waals surface area contributed by atoms with Gasteiger partial charge in [-0.05, 0) is 18.6 Å². The Kier molecular flexibility index (Phi) is 5.55. The molecule has 1 aromatic carbocycles. The Bertz CT molecular complexity index is 465. The maximum Gasteiger partial charge on any atom is 0.234 e. The summed E-state index contributed by atoms with van der Waals surface area (Å²) in [4.78, 5) is 12.2. The summed E-state index contributed by atoms with van der Waals surface area (Å²) in [5, 5.41) is 2.77. The number of thiocarbonyl (C=S) groups is 1. The number of carbonyl (C=O) groups excluding carboxylic acids is 1. The fraction of sp³-hybridized carbons (Fsp3) is 0.333. The van der Waals surface area contributed by atoms with Crippen LogP contribution in [0, 0.1) is 5.92 Å². The summed E-state index contributed by atoms with van der Waals surface area (Å²) in [5.41, 5.74) is 6.16. The quantitative estimate of drug-likeness (QED) is 0.815. The molecule has 0 saturated heterocycles. The van der Waals surface area contributed by atoms with E-state index in [4.69, 9.17) is 22.7 Å². The molecule has 1 rings (SSSR count). The largest absolute Gasteiger partial charge is 0.497 e. The van der Waals surface area contributed by atoms with Gasteiger partial charge in [-0.3, -0.25) is 4.79 Å². The van der Waals surface area contributed by atoms with E-state index in [0.29, 0.717) is 17.9 Å². The molecule has 98 valence electrons. The van der Waals surface area contributed by atoms with E-state index in [2.05, 4.69) is 21.2 Å². The number of benzene rings is 1. The van der Waals surface area contributed by atoms with Crippen molar-refractivity contribution in [3.8, 4) is 5.75 Å². The second-order valence-corrected chi connectivity index (χ2v) is 5.12. The van der Waals surface area contributed by atoms with Gasteiger partial charge in [0.25, 0.3) is 0 Å². The highest BCUT2D eigenvalue weighted by Gasteiger charge is 2.19. The Balaban J connectivity index is 2.87. The second-order valence-electron chi connectivity index (χ2n) is 3.73. The van der Waals surface area contributed by atoms with Crippen molar-refractivity contribution < 1.29 is 9.53 Å². The highest BCUT2D eigenvalue weighted by atomic mass is 79.9. The number of amides is 1. The molecule has 0 aliphatic rings. The van der Waals surface area contributed by atoms with Crippen LogP contribution >= 0.6 is 28.1 Å². The highest BCUT2D eigenvalue weighted by Crippen LogP contribution is 2.25. The molecule has 0 aliphatic heterocycles. The van der Waals surface area contributed by atoms with Crippen LogP contribution in [0.2, 0.25) is 0 Å². The minimum absolute atomic E-state index is 0.204. The number of nitrogens with two attached hydrogens (primary N) is 1. The SMILES string of the molecule is CCC(C(=O)Nc1cc(Br)cc(OC)c1)C(N)=S. The third-order valence-corrected chi connectivity index (χ3v) is 3.19. The van der Waals surface area contributed by atoms with E-state index in [1.54, 1.807) is 25.3 Å². The maximum absolute atomic E-state index is 12.0. The zero-order valence-electron chi connectivity index (χ0n) is 10.2. The van der Waals surface area contributed by atoms with Gasteiger partial charge in [0.1, 0.15) is 5.75 Å². The molecular weight excluding hydrogens is 316 g/mol. The Morgan fingerprint density at radius 1 is 1.56 bits per heavy atom. The van der Waals surface area contributed by atoms with Gasteiger partial charge in [0.2, 0.25) is 5.91 Å². The number of methoxy groups -OCH3 is 1. The smallest absolute Gasteiger partial charge is 0.234 e. The average Bonchev–Trinajstić information content (AvgIpc) is 2.28. The molecular formula is C12H15BrN2O2S. The van der Waals surface area contributed by atoms with Crippen molar-refractivity contribution in [2.45, 2.75) is 13.3 Å². The van der Waals surface area contributed by atoms with Crippen molar-refractivity contribution in [3.63, 3.8) is 0 Å². The molecule has 6 heteroatoms. The Labute approximate surface area is 120 Å². The zero-order chi connectivity index (χ0) is 13.7. The van der Waals surface area contributed by atoms with Gasteiger partial charge >= 0.3 is 0 Å². The minimum Gasteiger partial charge on any atom is -0.497 e. The molecule has 0 bridgehead atoms. The molecule has 1 amide bonds. The Hall–Kier alpha value is -1.14. The summed E-state index contributed by atoms with van der Waals surface area (Å²) in [6.45, 7) is 1.87.